The molecule has 1 aromatic rings. The third kappa shape index (κ3) is 0.892. The van der Waals surface area contributed by atoms with E-state index in [1.54, 1.807) is 0 Å². The molecule has 17 heavy (non-hydrogen) atoms. The van der Waals surface area contributed by atoms with Gasteiger partial charge in [0.2, 0.25) is 0 Å². The second kappa shape index (κ2) is 2.67. The first-order valence-electron chi connectivity index (χ1n) is 5.68. The third-order valence-corrected chi connectivity index (χ3v) is 4.73. The van der Waals surface area contributed by atoms with Crippen LogP contribution in [-0.2, 0) is 0 Å². The van der Waals surface area contributed by atoms with E-state index in [2.05, 4.69) is 11.2 Å². The molecule has 3 atom stereocenters. The summed E-state index contributed by atoms with van der Waals surface area (Å²) < 4.78 is 0. The van der Waals surface area contributed by atoms with Gasteiger partial charge in [0, 0.05) is 10.9 Å². The maximum absolute atomic E-state index is 8.82. The predicted molar refractivity (Wildman–Crippen MR) is 65.8 cm³/mol. The lowest BCUT2D eigenvalue weighted by molar-refractivity contribution is 0.315. The van der Waals surface area contributed by atoms with Gasteiger partial charge in [-0.25, -0.2) is 0 Å². The number of rotatable bonds is 2. The van der Waals surface area contributed by atoms with Gasteiger partial charge in [0.05, 0.1) is 5.41 Å². The lowest BCUT2D eigenvalue weighted by Crippen LogP contribution is -2.21. The van der Waals surface area contributed by atoms with E-state index in [9.17, 15) is 0 Å². The van der Waals surface area contributed by atoms with Gasteiger partial charge in [-0.3, -0.25) is 0 Å². The monoisotopic (exact) mass is 246 g/mol. The Bertz CT molecular complexity index is 607. The number of hydrogen-bond acceptors (Lipinski definition) is 2. The Labute approximate surface area is 104 Å². The fraction of sp³-hybridized carbons (Fsp3) is 0.308. The molecule has 4 aliphatic carbocycles. The van der Waals surface area contributed by atoms with Crippen molar-refractivity contribution in [1.82, 2.24) is 0 Å². The van der Waals surface area contributed by atoms with Crippen molar-refractivity contribution >= 4 is 23.0 Å². The van der Waals surface area contributed by atoms with Crippen LogP contribution in [0.1, 0.15) is 12.0 Å². The van der Waals surface area contributed by atoms with E-state index in [0.717, 1.165) is 11.4 Å². The van der Waals surface area contributed by atoms with Gasteiger partial charge in [-0.2, -0.15) is 0 Å². The van der Waals surface area contributed by atoms with Crippen LogP contribution in [0, 0.1) is 17.3 Å². The van der Waals surface area contributed by atoms with Crippen LogP contribution in [0.25, 0.3) is 5.57 Å². The maximum Gasteiger partial charge on any atom is 0.150 e. The molecule has 0 saturated heterocycles. The van der Waals surface area contributed by atoms with Crippen LogP contribution in [0.2, 0.25) is 5.02 Å². The molecule has 3 nitrogen and oxygen atoms in total. The molecule has 0 spiro atoms. The first-order chi connectivity index (χ1) is 8.21. The molecule has 1 aromatic carbocycles. The predicted octanol–water partition coefficient (Wildman–Crippen LogP) is 2.49. The van der Waals surface area contributed by atoms with E-state index in [1.165, 1.54) is 16.7 Å². The summed E-state index contributed by atoms with van der Waals surface area (Å²) in [5.74, 6) is 1.51. The number of amidine groups is 1. The Kier molecular flexibility index (Phi) is 1.50. The molecule has 2 saturated carbocycles. The van der Waals surface area contributed by atoms with Crippen LogP contribution in [-0.4, -0.2) is 11.0 Å². The van der Waals surface area contributed by atoms with E-state index < -0.39 is 0 Å². The molecule has 0 aliphatic heterocycles. The summed E-state index contributed by atoms with van der Waals surface area (Å²) >= 11 is 6.00. The molecule has 0 amide bonds. The molecule has 0 heterocycles. The zero-order valence-corrected chi connectivity index (χ0v) is 9.78. The highest BCUT2D eigenvalue weighted by Crippen LogP contribution is 2.91. The smallest absolute Gasteiger partial charge is 0.150 e. The summed E-state index contributed by atoms with van der Waals surface area (Å²) in [6.45, 7) is 0. The molecule has 5 rings (SSSR count). The Balaban J connectivity index is 1.79. The highest BCUT2D eigenvalue weighted by molar-refractivity contribution is 6.30. The van der Waals surface area contributed by atoms with Crippen molar-refractivity contribution in [1.29, 1.82) is 0 Å². The SMILES string of the molecule is N/C(=N\O)[C@]12C3=C(c4cccc(Cl)c4)C[C@@H]1[C@H]32. The van der Waals surface area contributed by atoms with Crippen LogP contribution < -0.4 is 5.73 Å². The van der Waals surface area contributed by atoms with Gasteiger partial charge in [0.25, 0.3) is 0 Å². The minimum absolute atomic E-state index is 0.0631. The summed E-state index contributed by atoms with van der Waals surface area (Å²) in [4.78, 5) is 0. The Morgan fingerprint density at radius 3 is 3.00 bits per heavy atom. The number of oxime groups is 1. The van der Waals surface area contributed by atoms with Crippen molar-refractivity contribution in [2.24, 2.45) is 28.1 Å². The van der Waals surface area contributed by atoms with Crippen molar-refractivity contribution in [3.63, 3.8) is 0 Å². The lowest BCUT2D eigenvalue weighted by Gasteiger charge is -2.02. The average Bonchev–Trinajstić information content (AvgIpc) is 3.07. The number of halogens is 1. The molecular weight excluding hydrogens is 236 g/mol. The quantitative estimate of drug-likeness (QED) is 0.365. The van der Waals surface area contributed by atoms with Gasteiger partial charge in [0.1, 0.15) is 5.84 Å². The molecule has 0 aromatic heterocycles. The van der Waals surface area contributed by atoms with Crippen LogP contribution in [0.15, 0.2) is 35.0 Å². The first kappa shape index (κ1) is 9.54. The highest BCUT2D eigenvalue weighted by Gasteiger charge is 2.89. The summed E-state index contributed by atoms with van der Waals surface area (Å²) in [6, 6.07) is 7.91. The highest BCUT2D eigenvalue weighted by atomic mass is 35.5. The largest absolute Gasteiger partial charge is 0.409 e. The van der Waals surface area contributed by atoms with Crippen molar-refractivity contribution in [3.8, 4) is 0 Å². The van der Waals surface area contributed by atoms with Gasteiger partial charge in [-0.05, 0) is 41.2 Å². The van der Waals surface area contributed by atoms with Gasteiger partial charge in [-0.15, -0.1) is 0 Å². The molecule has 2 fully saturated rings. The normalized spacial score (nSPS) is 37.1. The number of hydrogen-bond donors (Lipinski definition) is 2. The number of nitrogens with two attached hydrogens (primary N) is 1. The van der Waals surface area contributed by atoms with Crippen LogP contribution in [0.5, 0.6) is 0 Å². The van der Waals surface area contributed by atoms with E-state index in [-0.39, 0.29) is 5.41 Å². The minimum Gasteiger partial charge on any atom is -0.409 e. The van der Waals surface area contributed by atoms with E-state index in [1.807, 2.05) is 18.2 Å². The van der Waals surface area contributed by atoms with Gasteiger partial charge >= 0.3 is 0 Å². The standard InChI is InChI=1S/C13H11ClN2O/c14-7-3-1-2-6(4-7)8-5-9-11-10(8)13(9,11)12(15)16-17/h1-4,9,11,17H,5H2,(H2,15,16)/t9-,11-,13+/m1/s1. The molecule has 0 unspecified atom stereocenters. The van der Waals surface area contributed by atoms with E-state index in [0.29, 0.717) is 17.7 Å². The fourth-order valence-electron chi connectivity index (χ4n) is 3.70. The van der Waals surface area contributed by atoms with Crippen molar-refractivity contribution in [3.05, 3.63) is 40.4 Å². The number of benzene rings is 1. The average molecular weight is 247 g/mol. The van der Waals surface area contributed by atoms with Crippen LogP contribution in [0.4, 0.5) is 0 Å². The van der Waals surface area contributed by atoms with Gasteiger partial charge in [-0.1, -0.05) is 28.9 Å². The Morgan fingerprint density at radius 1 is 1.53 bits per heavy atom. The van der Waals surface area contributed by atoms with Crippen LogP contribution >= 0.6 is 11.6 Å². The summed E-state index contributed by atoms with van der Waals surface area (Å²) in [7, 11) is 0. The number of allylic oxidation sites excluding steroid dienone is 1. The molecule has 3 N–H and O–H groups in total. The zero-order chi connectivity index (χ0) is 11.8. The lowest BCUT2D eigenvalue weighted by atomic mass is 10.1. The number of nitrogens with zero attached hydrogens (tertiary/aromatic N) is 1. The zero-order valence-electron chi connectivity index (χ0n) is 9.02. The molecule has 4 aliphatic rings. The molecule has 2 bridgehead atoms. The van der Waals surface area contributed by atoms with Crippen LogP contribution in [0.3, 0.4) is 0 Å². The van der Waals surface area contributed by atoms with Gasteiger partial charge < -0.3 is 10.9 Å². The van der Waals surface area contributed by atoms with Crippen molar-refractivity contribution < 1.29 is 5.21 Å². The van der Waals surface area contributed by atoms with Gasteiger partial charge in [0.15, 0.2) is 0 Å². The summed E-state index contributed by atoms with van der Waals surface area (Å²) in [6.07, 6.45) is 1.04. The van der Waals surface area contributed by atoms with Crippen molar-refractivity contribution in [2.45, 2.75) is 6.42 Å². The molecular formula is C13H11ClN2O. The molecule has 86 valence electrons. The Morgan fingerprint density at radius 2 is 2.35 bits per heavy atom. The second-order valence-electron chi connectivity index (χ2n) is 5.05. The van der Waals surface area contributed by atoms with Crippen molar-refractivity contribution in [2.75, 3.05) is 0 Å². The molecule has 0 radical (unpaired) electrons. The maximum atomic E-state index is 8.82. The second-order valence-corrected chi connectivity index (χ2v) is 5.48. The van der Waals surface area contributed by atoms with E-state index in [4.69, 9.17) is 22.5 Å². The molecule has 4 heteroatoms. The first-order valence-corrected chi connectivity index (χ1v) is 6.06. The summed E-state index contributed by atoms with van der Waals surface area (Å²) in [5.41, 5.74) is 9.64. The third-order valence-electron chi connectivity index (χ3n) is 4.50. The van der Waals surface area contributed by atoms with E-state index >= 15 is 0 Å². The Hall–Kier alpha value is -1.48. The summed E-state index contributed by atoms with van der Waals surface area (Å²) in [5, 5.41) is 12.8. The minimum atomic E-state index is -0.0631. The number of fused-ring (bicyclic) bond motifs is 1. The fourth-order valence-corrected chi connectivity index (χ4v) is 3.89. The topological polar surface area (TPSA) is 58.6 Å².